The minimum atomic E-state index is 0.394. The van der Waals surface area contributed by atoms with Crippen LogP contribution in [0.4, 0.5) is 0 Å². The number of hydrogen-bond acceptors (Lipinski definition) is 3. The summed E-state index contributed by atoms with van der Waals surface area (Å²) in [6.45, 7) is 12.1. The molecule has 1 N–H and O–H groups in total. The molecule has 3 nitrogen and oxygen atoms in total. The number of nitrogens with zero attached hydrogens (tertiary/aromatic N) is 1. The van der Waals surface area contributed by atoms with Crippen molar-refractivity contribution in [2.75, 3.05) is 32.8 Å². The minimum Gasteiger partial charge on any atom is -0.376 e. The first-order chi connectivity index (χ1) is 8.22. The highest BCUT2D eigenvalue weighted by Gasteiger charge is 2.13. The monoisotopic (exact) mass is 242 g/mol. The molecule has 1 rings (SSSR count). The van der Waals surface area contributed by atoms with Crippen molar-refractivity contribution in [1.29, 1.82) is 0 Å². The molecule has 0 aliphatic carbocycles. The molecule has 1 heterocycles. The SMILES string of the molecule is CCCC(CNC(C)C)OCCN1CCCC1. The quantitative estimate of drug-likeness (QED) is 0.671. The first-order valence-corrected chi connectivity index (χ1v) is 7.29. The van der Waals surface area contributed by atoms with Gasteiger partial charge in [0.05, 0.1) is 12.7 Å². The van der Waals surface area contributed by atoms with Gasteiger partial charge in [0.1, 0.15) is 0 Å². The Balaban J connectivity index is 2.09. The lowest BCUT2D eigenvalue weighted by Crippen LogP contribution is -2.35. The molecule has 0 aromatic rings. The van der Waals surface area contributed by atoms with Gasteiger partial charge in [0.15, 0.2) is 0 Å². The highest BCUT2D eigenvalue weighted by molar-refractivity contribution is 4.67. The first kappa shape index (κ1) is 14.9. The molecule has 0 amide bonds. The summed E-state index contributed by atoms with van der Waals surface area (Å²) in [5.74, 6) is 0. The van der Waals surface area contributed by atoms with Gasteiger partial charge in [-0.3, -0.25) is 0 Å². The zero-order valence-corrected chi connectivity index (χ0v) is 11.9. The van der Waals surface area contributed by atoms with Gasteiger partial charge >= 0.3 is 0 Å². The molecule has 1 aliphatic heterocycles. The number of hydrogen-bond donors (Lipinski definition) is 1. The Morgan fingerprint density at radius 2 is 1.94 bits per heavy atom. The van der Waals surface area contributed by atoms with Crippen molar-refractivity contribution in [1.82, 2.24) is 10.2 Å². The largest absolute Gasteiger partial charge is 0.376 e. The Hall–Kier alpha value is -0.120. The smallest absolute Gasteiger partial charge is 0.0700 e. The molecule has 0 bridgehead atoms. The summed E-state index contributed by atoms with van der Waals surface area (Å²) in [7, 11) is 0. The van der Waals surface area contributed by atoms with Gasteiger partial charge in [-0.25, -0.2) is 0 Å². The lowest BCUT2D eigenvalue weighted by Gasteiger charge is -2.21. The zero-order valence-electron chi connectivity index (χ0n) is 11.9. The Bertz CT molecular complexity index is 179. The van der Waals surface area contributed by atoms with Gasteiger partial charge in [-0.1, -0.05) is 27.2 Å². The second kappa shape index (κ2) is 8.90. The minimum absolute atomic E-state index is 0.394. The number of nitrogens with one attached hydrogen (secondary N) is 1. The molecule has 0 aromatic heterocycles. The third-order valence-corrected chi connectivity index (χ3v) is 3.32. The van der Waals surface area contributed by atoms with Crippen LogP contribution < -0.4 is 5.32 Å². The van der Waals surface area contributed by atoms with Crippen LogP contribution in [0.2, 0.25) is 0 Å². The molecule has 1 atom stereocenters. The zero-order chi connectivity index (χ0) is 12.5. The Labute approximate surface area is 107 Å². The number of ether oxygens (including phenoxy) is 1. The van der Waals surface area contributed by atoms with E-state index < -0.39 is 0 Å². The molecule has 1 saturated heterocycles. The summed E-state index contributed by atoms with van der Waals surface area (Å²) in [6, 6.07) is 0.552. The van der Waals surface area contributed by atoms with E-state index in [0.717, 1.165) is 19.7 Å². The standard InChI is InChI=1S/C14H30N2O/c1-4-7-14(12-15-13(2)3)17-11-10-16-8-5-6-9-16/h13-15H,4-12H2,1-3H3. The molecular formula is C14H30N2O. The van der Waals surface area contributed by atoms with Crippen LogP contribution in [-0.4, -0.2) is 49.8 Å². The second-order valence-corrected chi connectivity index (χ2v) is 5.39. The van der Waals surface area contributed by atoms with Crippen LogP contribution in [0.5, 0.6) is 0 Å². The van der Waals surface area contributed by atoms with E-state index >= 15 is 0 Å². The topological polar surface area (TPSA) is 24.5 Å². The van der Waals surface area contributed by atoms with Crippen molar-refractivity contribution < 1.29 is 4.74 Å². The van der Waals surface area contributed by atoms with Crippen LogP contribution in [0.1, 0.15) is 46.5 Å². The molecule has 3 heteroatoms. The van der Waals surface area contributed by atoms with E-state index in [9.17, 15) is 0 Å². The fourth-order valence-electron chi connectivity index (χ4n) is 2.29. The molecule has 1 fully saturated rings. The summed E-state index contributed by atoms with van der Waals surface area (Å²) in [5.41, 5.74) is 0. The van der Waals surface area contributed by atoms with Gasteiger partial charge in [0.2, 0.25) is 0 Å². The normalized spacial score (nSPS) is 19.1. The number of rotatable bonds is 9. The van der Waals surface area contributed by atoms with E-state index in [4.69, 9.17) is 4.74 Å². The van der Waals surface area contributed by atoms with Gasteiger partial charge in [-0.2, -0.15) is 0 Å². The summed E-state index contributed by atoms with van der Waals surface area (Å²) in [6.07, 6.45) is 5.50. The maximum atomic E-state index is 5.99. The van der Waals surface area contributed by atoms with Crippen LogP contribution in [-0.2, 0) is 4.74 Å². The third kappa shape index (κ3) is 7.02. The predicted molar refractivity (Wildman–Crippen MR) is 73.5 cm³/mol. The molecule has 1 aliphatic rings. The van der Waals surface area contributed by atoms with Crippen molar-refractivity contribution in [2.45, 2.75) is 58.6 Å². The van der Waals surface area contributed by atoms with Crippen LogP contribution in [0, 0.1) is 0 Å². The third-order valence-electron chi connectivity index (χ3n) is 3.32. The molecular weight excluding hydrogens is 212 g/mol. The summed E-state index contributed by atoms with van der Waals surface area (Å²) in [5, 5.41) is 3.47. The van der Waals surface area contributed by atoms with E-state index in [1.54, 1.807) is 0 Å². The maximum absolute atomic E-state index is 5.99. The molecule has 0 saturated carbocycles. The lowest BCUT2D eigenvalue weighted by molar-refractivity contribution is 0.0345. The molecule has 0 radical (unpaired) electrons. The van der Waals surface area contributed by atoms with E-state index in [2.05, 4.69) is 31.0 Å². The first-order valence-electron chi connectivity index (χ1n) is 7.29. The summed E-state index contributed by atoms with van der Waals surface area (Å²) >= 11 is 0. The Kier molecular flexibility index (Phi) is 7.82. The highest BCUT2D eigenvalue weighted by atomic mass is 16.5. The molecule has 1 unspecified atom stereocenters. The van der Waals surface area contributed by atoms with Gasteiger partial charge < -0.3 is 15.0 Å². The molecule has 17 heavy (non-hydrogen) atoms. The van der Waals surface area contributed by atoms with Crippen molar-refractivity contribution in [2.24, 2.45) is 0 Å². The van der Waals surface area contributed by atoms with Gasteiger partial charge in [0, 0.05) is 19.1 Å². The molecule has 0 aromatic carbocycles. The highest BCUT2D eigenvalue weighted by Crippen LogP contribution is 2.07. The van der Waals surface area contributed by atoms with Gasteiger partial charge in [-0.15, -0.1) is 0 Å². The van der Waals surface area contributed by atoms with Crippen molar-refractivity contribution in [3.8, 4) is 0 Å². The Morgan fingerprint density at radius 3 is 2.53 bits per heavy atom. The van der Waals surface area contributed by atoms with Crippen molar-refractivity contribution >= 4 is 0 Å². The summed E-state index contributed by atoms with van der Waals surface area (Å²) < 4.78 is 5.99. The van der Waals surface area contributed by atoms with Crippen molar-refractivity contribution in [3.05, 3.63) is 0 Å². The average molecular weight is 242 g/mol. The van der Waals surface area contributed by atoms with Gasteiger partial charge in [-0.05, 0) is 32.4 Å². The van der Waals surface area contributed by atoms with E-state index in [-0.39, 0.29) is 0 Å². The molecule has 102 valence electrons. The number of likely N-dealkylation sites (tertiary alicyclic amines) is 1. The van der Waals surface area contributed by atoms with Crippen molar-refractivity contribution in [3.63, 3.8) is 0 Å². The maximum Gasteiger partial charge on any atom is 0.0700 e. The van der Waals surface area contributed by atoms with E-state index in [1.807, 2.05) is 0 Å². The van der Waals surface area contributed by atoms with Crippen LogP contribution in [0.3, 0.4) is 0 Å². The fourth-order valence-corrected chi connectivity index (χ4v) is 2.29. The van der Waals surface area contributed by atoms with Crippen LogP contribution in [0.15, 0.2) is 0 Å². The fraction of sp³-hybridized carbons (Fsp3) is 1.00. The van der Waals surface area contributed by atoms with E-state index in [1.165, 1.54) is 38.8 Å². The van der Waals surface area contributed by atoms with Crippen LogP contribution in [0.25, 0.3) is 0 Å². The molecule has 0 spiro atoms. The van der Waals surface area contributed by atoms with E-state index in [0.29, 0.717) is 12.1 Å². The summed E-state index contributed by atoms with van der Waals surface area (Å²) in [4.78, 5) is 2.51. The second-order valence-electron chi connectivity index (χ2n) is 5.39. The van der Waals surface area contributed by atoms with Crippen LogP contribution >= 0.6 is 0 Å². The average Bonchev–Trinajstić information content (AvgIpc) is 2.78. The predicted octanol–water partition coefficient (Wildman–Crippen LogP) is 2.27. The lowest BCUT2D eigenvalue weighted by atomic mass is 10.2. The Morgan fingerprint density at radius 1 is 1.24 bits per heavy atom. The van der Waals surface area contributed by atoms with Gasteiger partial charge in [0.25, 0.3) is 0 Å².